The van der Waals surface area contributed by atoms with Crippen LogP contribution >= 0.6 is 0 Å². The number of benzene rings is 1. The van der Waals surface area contributed by atoms with E-state index in [1.807, 2.05) is 13.8 Å². The maximum absolute atomic E-state index is 12.3. The summed E-state index contributed by atoms with van der Waals surface area (Å²) < 4.78 is 17.0. The number of carbonyl (C=O) groups is 1. The highest BCUT2D eigenvalue weighted by atomic mass is 16.5. The minimum atomic E-state index is -1.08. The molecule has 1 aliphatic rings. The van der Waals surface area contributed by atoms with E-state index in [4.69, 9.17) is 19.0 Å². The van der Waals surface area contributed by atoms with Crippen LogP contribution in [0.25, 0.3) is 11.0 Å². The molecule has 0 saturated carbocycles. The highest BCUT2D eigenvalue weighted by Gasteiger charge is 2.31. The third kappa shape index (κ3) is 2.62. The highest BCUT2D eigenvalue weighted by Crippen LogP contribution is 2.43. The van der Waals surface area contributed by atoms with Crippen molar-refractivity contribution in [2.24, 2.45) is 0 Å². The largest absolute Gasteiger partial charge is 0.496 e. The lowest BCUT2D eigenvalue weighted by Crippen LogP contribution is -2.32. The fraction of sp³-hybridized carbons (Fsp3) is 0.444. The summed E-state index contributed by atoms with van der Waals surface area (Å²) in [5.41, 5.74) is 1.05. The molecule has 6 heteroatoms. The lowest BCUT2D eigenvalue weighted by molar-refractivity contribution is -0.136. The number of methoxy groups -OCH3 is 1. The van der Waals surface area contributed by atoms with Crippen molar-refractivity contribution in [2.45, 2.75) is 45.6 Å². The summed E-state index contributed by atoms with van der Waals surface area (Å²) in [7, 11) is 1.52. The average Bonchev–Trinajstić information content (AvgIpc) is 2.48. The van der Waals surface area contributed by atoms with Gasteiger partial charge in [0.25, 0.3) is 0 Å². The number of rotatable bonds is 3. The van der Waals surface area contributed by atoms with Crippen LogP contribution in [-0.2, 0) is 17.6 Å². The summed E-state index contributed by atoms with van der Waals surface area (Å²) in [4.78, 5) is 23.3. The number of carboxylic acids is 1. The number of carboxylic acid groups (broad SMARTS) is 1. The molecule has 0 unspecified atom stereocenters. The van der Waals surface area contributed by atoms with Gasteiger partial charge < -0.3 is 19.0 Å². The zero-order valence-corrected chi connectivity index (χ0v) is 14.2. The molecule has 0 saturated heterocycles. The number of hydrogen-bond acceptors (Lipinski definition) is 5. The van der Waals surface area contributed by atoms with Gasteiger partial charge in [-0.3, -0.25) is 4.79 Å². The van der Waals surface area contributed by atoms with Gasteiger partial charge in [0.2, 0.25) is 0 Å². The van der Waals surface area contributed by atoms with Crippen molar-refractivity contribution in [1.29, 1.82) is 0 Å². The second-order valence-electron chi connectivity index (χ2n) is 6.68. The maximum atomic E-state index is 12.3. The van der Waals surface area contributed by atoms with Crippen LogP contribution in [-0.4, -0.2) is 23.8 Å². The van der Waals surface area contributed by atoms with E-state index in [2.05, 4.69) is 0 Å². The van der Waals surface area contributed by atoms with Crippen molar-refractivity contribution in [2.75, 3.05) is 7.11 Å². The van der Waals surface area contributed by atoms with Crippen molar-refractivity contribution in [3.63, 3.8) is 0 Å². The van der Waals surface area contributed by atoms with Gasteiger partial charge in [0, 0.05) is 11.6 Å². The van der Waals surface area contributed by atoms with Crippen LogP contribution in [0.1, 0.15) is 37.0 Å². The van der Waals surface area contributed by atoms with Gasteiger partial charge in [-0.1, -0.05) is 0 Å². The lowest BCUT2D eigenvalue weighted by Gasteiger charge is -2.33. The summed E-state index contributed by atoms with van der Waals surface area (Å²) in [5.74, 6) is 0.0743. The van der Waals surface area contributed by atoms with Crippen molar-refractivity contribution in [1.82, 2.24) is 0 Å². The molecular formula is C18H20O6. The van der Waals surface area contributed by atoms with Crippen LogP contribution in [0, 0.1) is 6.92 Å². The number of hydrogen-bond donors (Lipinski definition) is 1. The van der Waals surface area contributed by atoms with Gasteiger partial charge in [-0.15, -0.1) is 0 Å². The summed E-state index contributed by atoms with van der Waals surface area (Å²) in [6, 6.07) is 1.79. The quantitative estimate of drug-likeness (QED) is 0.870. The van der Waals surface area contributed by atoms with E-state index in [1.54, 1.807) is 13.0 Å². The first-order valence-corrected chi connectivity index (χ1v) is 7.80. The van der Waals surface area contributed by atoms with Crippen molar-refractivity contribution in [3.05, 3.63) is 33.2 Å². The van der Waals surface area contributed by atoms with E-state index in [9.17, 15) is 9.59 Å². The lowest BCUT2D eigenvalue weighted by atomic mass is 9.91. The molecule has 128 valence electrons. The first-order valence-electron chi connectivity index (χ1n) is 7.80. The molecule has 1 aromatic carbocycles. The Labute approximate surface area is 139 Å². The molecule has 1 N–H and O–H groups in total. The van der Waals surface area contributed by atoms with E-state index in [-0.39, 0.29) is 17.6 Å². The van der Waals surface area contributed by atoms with Gasteiger partial charge >= 0.3 is 11.6 Å². The Morgan fingerprint density at radius 2 is 2.12 bits per heavy atom. The van der Waals surface area contributed by atoms with Crippen molar-refractivity contribution in [3.8, 4) is 11.5 Å². The monoisotopic (exact) mass is 332 g/mol. The van der Waals surface area contributed by atoms with Gasteiger partial charge in [0.1, 0.15) is 22.7 Å². The molecule has 2 heterocycles. The summed E-state index contributed by atoms with van der Waals surface area (Å²) in [6.07, 6.45) is 1.12. The molecule has 0 bridgehead atoms. The molecule has 0 atom stereocenters. The predicted octanol–water partition coefficient (Wildman–Crippen LogP) is 2.84. The van der Waals surface area contributed by atoms with Gasteiger partial charge in [-0.05, 0) is 39.2 Å². The highest BCUT2D eigenvalue weighted by molar-refractivity contribution is 5.92. The average molecular weight is 332 g/mol. The Kier molecular flexibility index (Phi) is 3.78. The minimum absolute atomic E-state index is 0.144. The van der Waals surface area contributed by atoms with Gasteiger partial charge in [0.05, 0.1) is 24.5 Å². The van der Waals surface area contributed by atoms with Gasteiger partial charge in [-0.2, -0.15) is 0 Å². The number of ether oxygens (including phenoxy) is 2. The van der Waals surface area contributed by atoms with Crippen LogP contribution in [0.2, 0.25) is 0 Å². The molecular weight excluding hydrogens is 312 g/mol. The Morgan fingerprint density at radius 3 is 2.75 bits per heavy atom. The van der Waals surface area contributed by atoms with E-state index < -0.39 is 11.6 Å². The second kappa shape index (κ2) is 5.54. The molecule has 24 heavy (non-hydrogen) atoms. The molecule has 1 aromatic heterocycles. The molecule has 0 spiro atoms. The molecule has 0 aliphatic carbocycles. The molecule has 3 rings (SSSR count). The Balaban J connectivity index is 2.34. The Hall–Kier alpha value is -2.50. The third-order valence-corrected chi connectivity index (χ3v) is 4.49. The van der Waals surface area contributed by atoms with Gasteiger partial charge in [0.15, 0.2) is 0 Å². The van der Waals surface area contributed by atoms with E-state index in [0.717, 1.165) is 12.0 Å². The molecule has 0 amide bonds. The number of fused-ring (bicyclic) bond motifs is 3. The van der Waals surface area contributed by atoms with Crippen LogP contribution < -0.4 is 15.1 Å². The molecule has 6 nitrogen and oxygen atoms in total. The summed E-state index contributed by atoms with van der Waals surface area (Å²) in [5, 5.41) is 9.67. The Bertz CT molecular complexity index is 891. The first-order chi connectivity index (χ1) is 11.2. The standard InChI is InChI=1S/C18H20O6/c1-9-11(7-14(19)20)17(21)23-16-10-5-6-18(2,3)24-12(10)8-13(22-4)15(9)16/h8H,5-7H2,1-4H3,(H,19,20). The zero-order valence-electron chi connectivity index (χ0n) is 14.2. The van der Waals surface area contributed by atoms with Crippen molar-refractivity contribution < 1.29 is 23.8 Å². The summed E-state index contributed by atoms with van der Waals surface area (Å²) >= 11 is 0. The van der Waals surface area contributed by atoms with E-state index in [1.165, 1.54) is 7.11 Å². The molecule has 2 aromatic rings. The van der Waals surface area contributed by atoms with Gasteiger partial charge in [-0.25, -0.2) is 4.79 Å². The zero-order chi connectivity index (χ0) is 17.6. The van der Waals surface area contributed by atoms with E-state index in [0.29, 0.717) is 34.5 Å². The Morgan fingerprint density at radius 1 is 1.42 bits per heavy atom. The predicted molar refractivity (Wildman–Crippen MR) is 88.1 cm³/mol. The molecule has 0 fully saturated rings. The van der Waals surface area contributed by atoms with Crippen LogP contribution in [0.4, 0.5) is 0 Å². The number of aliphatic carboxylic acids is 1. The second-order valence-corrected chi connectivity index (χ2v) is 6.68. The van der Waals surface area contributed by atoms with E-state index >= 15 is 0 Å². The van der Waals surface area contributed by atoms with Crippen molar-refractivity contribution >= 4 is 16.9 Å². The number of aryl methyl sites for hydroxylation is 2. The SMILES string of the molecule is COc1cc2c(c3oc(=O)c(CC(=O)O)c(C)c13)CCC(C)(C)O2. The van der Waals surface area contributed by atoms with Crippen LogP contribution in [0.5, 0.6) is 11.5 Å². The fourth-order valence-corrected chi connectivity index (χ4v) is 3.20. The van der Waals surface area contributed by atoms with Crippen LogP contribution in [0.15, 0.2) is 15.3 Å². The molecule has 0 radical (unpaired) electrons. The topological polar surface area (TPSA) is 86.0 Å². The van der Waals surface area contributed by atoms with Crippen LogP contribution in [0.3, 0.4) is 0 Å². The smallest absolute Gasteiger partial charge is 0.340 e. The summed E-state index contributed by atoms with van der Waals surface area (Å²) in [6.45, 7) is 5.73. The minimum Gasteiger partial charge on any atom is -0.496 e. The normalized spacial score (nSPS) is 15.7. The maximum Gasteiger partial charge on any atom is 0.340 e. The first kappa shape index (κ1) is 16.4. The molecule has 1 aliphatic heterocycles. The fourth-order valence-electron chi connectivity index (χ4n) is 3.20. The third-order valence-electron chi connectivity index (χ3n) is 4.49.